The molecule has 9 heteroatoms. The number of amides is 2. The van der Waals surface area contributed by atoms with Crippen molar-refractivity contribution < 1.29 is 18.4 Å². The maximum absolute atomic E-state index is 12.6. The first-order valence-corrected chi connectivity index (χ1v) is 10.6. The standard InChI is InChI=1S/C21H13N3O4S2/c25-20-18(30-21(26)24(20)11-16-2-1-9-27-16)10-15-7-8-17(28-15)13-3-5-14(6-4-13)19-23-22-12-29-19/h1-10,12H,11H2/b18-10+. The van der Waals surface area contributed by atoms with E-state index in [-0.39, 0.29) is 17.7 Å². The molecule has 4 aromatic rings. The largest absolute Gasteiger partial charge is 0.467 e. The Balaban J connectivity index is 1.33. The zero-order valence-corrected chi connectivity index (χ0v) is 17.0. The Bertz CT molecular complexity index is 1230. The average Bonchev–Trinajstić information content (AvgIpc) is 3.56. The normalized spacial score (nSPS) is 15.5. The molecule has 7 nitrogen and oxygen atoms in total. The minimum atomic E-state index is -0.360. The van der Waals surface area contributed by atoms with Crippen LogP contribution in [0.25, 0.3) is 28.0 Å². The average molecular weight is 435 g/mol. The van der Waals surface area contributed by atoms with Crippen molar-refractivity contribution in [3.05, 3.63) is 76.7 Å². The summed E-state index contributed by atoms with van der Waals surface area (Å²) in [6.45, 7) is 0.110. The molecule has 1 fully saturated rings. The SMILES string of the molecule is O=C1S/C(=C/c2ccc(-c3ccc(-c4nncs4)cc3)o2)C(=O)N1Cc1ccco1. The first-order chi connectivity index (χ1) is 14.7. The number of carbonyl (C=O) groups excluding carboxylic acids is 2. The first-order valence-electron chi connectivity index (χ1n) is 8.92. The van der Waals surface area contributed by atoms with E-state index in [1.54, 1.807) is 29.8 Å². The molecule has 1 aliphatic rings. The fraction of sp³-hybridized carbons (Fsp3) is 0.0476. The number of aromatic nitrogens is 2. The Kier molecular flexibility index (Phi) is 4.82. The van der Waals surface area contributed by atoms with Gasteiger partial charge in [0.25, 0.3) is 11.1 Å². The molecule has 148 valence electrons. The van der Waals surface area contributed by atoms with Gasteiger partial charge in [-0.2, -0.15) is 0 Å². The molecule has 2 amide bonds. The van der Waals surface area contributed by atoms with Gasteiger partial charge in [0.1, 0.15) is 27.8 Å². The van der Waals surface area contributed by atoms with Crippen molar-refractivity contribution in [3.8, 4) is 21.9 Å². The zero-order chi connectivity index (χ0) is 20.5. The van der Waals surface area contributed by atoms with Gasteiger partial charge in [0.2, 0.25) is 0 Å². The van der Waals surface area contributed by atoms with Crippen LogP contribution in [0.2, 0.25) is 0 Å². The number of nitrogens with zero attached hydrogens (tertiary/aromatic N) is 3. The third kappa shape index (κ3) is 3.60. The van der Waals surface area contributed by atoms with Crippen LogP contribution in [0.3, 0.4) is 0 Å². The van der Waals surface area contributed by atoms with Crippen molar-refractivity contribution in [1.29, 1.82) is 0 Å². The molecular formula is C21H13N3O4S2. The van der Waals surface area contributed by atoms with Crippen molar-refractivity contribution >= 4 is 40.3 Å². The molecule has 1 aromatic carbocycles. The Morgan fingerprint density at radius 2 is 1.87 bits per heavy atom. The molecule has 0 bridgehead atoms. The second-order valence-electron chi connectivity index (χ2n) is 6.37. The summed E-state index contributed by atoms with van der Waals surface area (Å²) in [5, 5.41) is 8.43. The number of benzene rings is 1. The van der Waals surface area contributed by atoms with Crippen LogP contribution in [-0.2, 0) is 11.3 Å². The smallest absolute Gasteiger partial charge is 0.293 e. The van der Waals surface area contributed by atoms with Crippen molar-refractivity contribution in [2.45, 2.75) is 6.54 Å². The molecule has 30 heavy (non-hydrogen) atoms. The second kappa shape index (κ2) is 7.77. The van der Waals surface area contributed by atoms with Crippen LogP contribution < -0.4 is 0 Å². The summed E-state index contributed by atoms with van der Waals surface area (Å²) in [5.41, 5.74) is 3.57. The van der Waals surface area contributed by atoms with Crippen LogP contribution in [0.1, 0.15) is 11.5 Å². The van der Waals surface area contributed by atoms with E-state index < -0.39 is 0 Å². The van der Waals surface area contributed by atoms with E-state index in [1.165, 1.54) is 17.6 Å². The number of carbonyl (C=O) groups is 2. The van der Waals surface area contributed by atoms with Gasteiger partial charge in [-0.05, 0) is 36.0 Å². The molecule has 0 atom stereocenters. The Hall–Kier alpha value is -3.43. The highest BCUT2D eigenvalue weighted by molar-refractivity contribution is 8.18. The molecule has 3 aromatic heterocycles. The van der Waals surface area contributed by atoms with E-state index in [4.69, 9.17) is 8.83 Å². The Morgan fingerprint density at radius 1 is 1.03 bits per heavy atom. The molecule has 0 N–H and O–H groups in total. The molecular weight excluding hydrogens is 422 g/mol. The van der Waals surface area contributed by atoms with Crippen molar-refractivity contribution in [2.24, 2.45) is 0 Å². The van der Waals surface area contributed by atoms with Crippen LogP contribution in [0.4, 0.5) is 4.79 Å². The van der Waals surface area contributed by atoms with Crippen LogP contribution in [-0.4, -0.2) is 26.2 Å². The molecule has 1 aliphatic heterocycles. The fourth-order valence-corrected chi connectivity index (χ4v) is 4.36. The van der Waals surface area contributed by atoms with Crippen LogP contribution in [0, 0.1) is 0 Å². The number of hydrogen-bond donors (Lipinski definition) is 0. The van der Waals surface area contributed by atoms with E-state index in [0.717, 1.165) is 32.8 Å². The Labute approximate surface area is 179 Å². The van der Waals surface area contributed by atoms with Gasteiger partial charge >= 0.3 is 0 Å². The van der Waals surface area contributed by atoms with Crippen molar-refractivity contribution in [3.63, 3.8) is 0 Å². The molecule has 0 saturated carbocycles. The van der Waals surface area contributed by atoms with E-state index in [9.17, 15) is 9.59 Å². The van der Waals surface area contributed by atoms with E-state index in [2.05, 4.69) is 10.2 Å². The van der Waals surface area contributed by atoms with Gasteiger partial charge in [0.15, 0.2) is 0 Å². The van der Waals surface area contributed by atoms with Crippen LogP contribution in [0.15, 0.2) is 74.0 Å². The number of furan rings is 2. The highest BCUT2D eigenvalue weighted by Gasteiger charge is 2.35. The lowest BCUT2D eigenvalue weighted by molar-refractivity contribution is -0.123. The van der Waals surface area contributed by atoms with E-state index in [0.29, 0.717) is 22.2 Å². The number of rotatable bonds is 5. The number of thioether (sulfide) groups is 1. The third-order valence-corrected chi connectivity index (χ3v) is 6.09. The topological polar surface area (TPSA) is 89.4 Å². The van der Waals surface area contributed by atoms with E-state index in [1.807, 2.05) is 30.3 Å². The summed E-state index contributed by atoms with van der Waals surface area (Å²) in [5.74, 6) is 1.36. The summed E-state index contributed by atoms with van der Waals surface area (Å²) < 4.78 is 11.1. The lowest BCUT2D eigenvalue weighted by Crippen LogP contribution is -2.27. The minimum Gasteiger partial charge on any atom is -0.467 e. The molecule has 1 saturated heterocycles. The van der Waals surface area contributed by atoms with Crippen LogP contribution in [0.5, 0.6) is 0 Å². The van der Waals surface area contributed by atoms with Crippen molar-refractivity contribution in [1.82, 2.24) is 15.1 Å². The molecule has 0 unspecified atom stereocenters. The van der Waals surface area contributed by atoms with Crippen LogP contribution >= 0.6 is 23.1 Å². The lowest BCUT2D eigenvalue weighted by Gasteiger charge is -2.09. The second-order valence-corrected chi connectivity index (χ2v) is 8.20. The van der Waals surface area contributed by atoms with Gasteiger partial charge in [-0.1, -0.05) is 35.6 Å². The summed E-state index contributed by atoms with van der Waals surface area (Å²) in [6.07, 6.45) is 3.10. The molecule has 0 radical (unpaired) electrons. The van der Waals surface area contributed by atoms with Gasteiger partial charge in [0.05, 0.1) is 17.7 Å². The number of hydrogen-bond acceptors (Lipinski definition) is 8. The highest BCUT2D eigenvalue weighted by atomic mass is 32.2. The van der Waals surface area contributed by atoms with E-state index >= 15 is 0 Å². The van der Waals surface area contributed by atoms with Gasteiger partial charge in [-0.3, -0.25) is 14.5 Å². The maximum atomic E-state index is 12.6. The summed E-state index contributed by atoms with van der Waals surface area (Å²) in [7, 11) is 0. The lowest BCUT2D eigenvalue weighted by atomic mass is 10.1. The number of imide groups is 1. The fourth-order valence-electron chi connectivity index (χ4n) is 2.99. The zero-order valence-electron chi connectivity index (χ0n) is 15.3. The third-order valence-electron chi connectivity index (χ3n) is 4.44. The highest BCUT2D eigenvalue weighted by Crippen LogP contribution is 2.34. The van der Waals surface area contributed by atoms with Gasteiger partial charge in [-0.15, -0.1) is 10.2 Å². The Morgan fingerprint density at radius 3 is 2.60 bits per heavy atom. The molecule has 0 aliphatic carbocycles. The van der Waals surface area contributed by atoms with Gasteiger partial charge in [-0.25, -0.2) is 0 Å². The molecule has 0 spiro atoms. The minimum absolute atomic E-state index is 0.110. The molecule has 5 rings (SSSR count). The van der Waals surface area contributed by atoms with Gasteiger partial charge in [0, 0.05) is 17.2 Å². The summed E-state index contributed by atoms with van der Waals surface area (Å²) in [6, 6.07) is 14.8. The van der Waals surface area contributed by atoms with Gasteiger partial charge < -0.3 is 8.83 Å². The predicted molar refractivity (Wildman–Crippen MR) is 113 cm³/mol. The molecule has 4 heterocycles. The maximum Gasteiger partial charge on any atom is 0.293 e. The summed E-state index contributed by atoms with van der Waals surface area (Å²) >= 11 is 2.37. The predicted octanol–water partition coefficient (Wildman–Crippen LogP) is 5.29. The first kappa shape index (κ1) is 18.6. The summed E-state index contributed by atoms with van der Waals surface area (Å²) in [4.78, 5) is 26.3. The van der Waals surface area contributed by atoms with Crippen molar-refractivity contribution in [2.75, 3.05) is 0 Å². The quantitative estimate of drug-likeness (QED) is 0.393. The monoisotopic (exact) mass is 435 g/mol.